The Morgan fingerprint density at radius 2 is 1.76 bits per heavy atom. The molecule has 0 spiro atoms. The van der Waals surface area contributed by atoms with Crippen LogP contribution in [0.4, 0.5) is 5.69 Å². The summed E-state index contributed by atoms with van der Waals surface area (Å²) in [6.45, 7) is 4.11. The molecule has 0 aliphatic carbocycles. The van der Waals surface area contributed by atoms with E-state index in [1.165, 1.54) is 0 Å². The Bertz CT molecular complexity index is 1340. The van der Waals surface area contributed by atoms with Gasteiger partial charge in [0.05, 0.1) is 11.7 Å². The molecule has 0 radical (unpaired) electrons. The van der Waals surface area contributed by atoms with Crippen molar-refractivity contribution >= 4 is 50.5 Å². The maximum atomic E-state index is 6.31. The second kappa shape index (κ2) is 8.93. The zero-order chi connectivity index (χ0) is 23.1. The molecule has 3 heterocycles. The first-order valence-corrected chi connectivity index (χ1v) is 12.2. The normalized spacial score (nSPS) is 17.9. The molecule has 1 aliphatic heterocycles. The van der Waals surface area contributed by atoms with Gasteiger partial charge in [0.15, 0.2) is 5.11 Å². The van der Waals surface area contributed by atoms with Crippen molar-refractivity contribution in [3.8, 4) is 5.69 Å². The standard InChI is InChI=1S/C26H22BrClN4S/c1-16-14-19(8-10-20(16)27)32-25(24(30-26(32)33)22-6-3-4-12-29-22)23-7-5-13-31(23)18-9-11-21(28)17(2)15-18/h3-15,24-25H,1-2H3,(H,30,33). The molecule has 2 unspecified atom stereocenters. The Balaban J connectivity index is 1.68. The van der Waals surface area contributed by atoms with Crippen LogP contribution < -0.4 is 10.2 Å². The van der Waals surface area contributed by atoms with Gasteiger partial charge in [0.1, 0.15) is 6.04 Å². The van der Waals surface area contributed by atoms with E-state index in [9.17, 15) is 0 Å². The summed E-state index contributed by atoms with van der Waals surface area (Å²) in [6, 6.07) is 22.4. The molecule has 1 saturated heterocycles. The minimum absolute atomic E-state index is 0.0982. The molecule has 5 rings (SSSR count). The zero-order valence-electron chi connectivity index (χ0n) is 18.2. The Kier molecular flexibility index (Phi) is 5.99. The van der Waals surface area contributed by atoms with E-state index >= 15 is 0 Å². The SMILES string of the molecule is Cc1cc(-n2cccc2C2C(c3ccccn3)NC(=S)N2c2ccc(Br)c(C)c2)ccc1Cl. The molecule has 1 aliphatic rings. The molecule has 4 aromatic rings. The number of hydrogen-bond acceptors (Lipinski definition) is 2. The van der Waals surface area contributed by atoms with Gasteiger partial charge in [-0.05, 0) is 97.9 Å². The topological polar surface area (TPSA) is 33.1 Å². The molecule has 0 bridgehead atoms. The summed E-state index contributed by atoms with van der Waals surface area (Å²) >= 11 is 15.8. The number of rotatable bonds is 4. The average Bonchev–Trinajstić information content (AvgIpc) is 3.42. The van der Waals surface area contributed by atoms with Crippen LogP contribution >= 0.6 is 39.7 Å². The maximum absolute atomic E-state index is 6.31. The van der Waals surface area contributed by atoms with Crippen LogP contribution in [0, 0.1) is 13.8 Å². The van der Waals surface area contributed by atoms with Gasteiger partial charge in [-0.1, -0.05) is 33.6 Å². The lowest BCUT2D eigenvalue weighted by Crippen LogP contribution is -2.30. The number of nitrogens with one attached hydrogen (secondary N) is 1. The van der Waals surface area contributed by atoms with Crippen LogP contribution in [0.3, 0.4) is 0 Å². The Morgan fingerprint density at radius 3 is 2.48 bits per heavy atom. The molecule has 1 N–H and O–H groups in total. The first-order chi connectivity index (χ1) is 15.9. The van der Waals surface area contributed by atoms with E-state index < -0.39 is 0 Å². The fraction of sp³-hybridized carbons (Fsp3) is 0.154. The number of pyridine rings is 1. The lowest BCUT2D eigenvalue weighted by molar-refractivity contribution is 0.549. The van der Waals surface area contributed by atoms with Crippen LogP contribution in [0.2, 0.25) is 5.02 Å². The van der Waals surface area contributed by atoms with Crippen LogP contribution in [0.25, 0.3) is 5.69 Å². The summed E-state index contributed by atoms with van der Waals surface area (Å²) < 4.78 is 3.28. The number of benzene rings is 2. The van der Waals surface area contributed by atoms with E-state index in [4.69, 9.17) is 23.8 Å². The zero-order valence-corrected chi connectivity index (χ0v) is 21.3. The summed E-state index contributed by atoms with van der Waals surface area (Å²) in [5.41, 5.74) is 6.34. The summed E-state index contributed by atoms with van der Waals surface area (Å²) in [6.07, 6.45) is 3.91. The van der Waals surface area contributed by atoms with Crippen molar-refractivity contribution in [1.29, 1.82) is 0 Å². The van der Waals surface area contributed by atoms with Crippen LogP contribution in [0.5, 0.6) is 0 Å². The molecular formula is C26H22BrClN4S. The van der Waals surface area contributed by atoms with Gasteiger partial charge >= 0.3 is 0 Å². The first kappa shape index (κ1) is 22.1. The van der Waals surface area contributed by atoms with Crippen molar-refractivity contribution < 1.29 is 0 Å². The number of anilines is 1. The van der Waals surface area contributed by atoms with Crippen molar-refractivity contribution in [3.05, 3.63) is 111 Å². The van der Waals surface area contributed by atoms with E-state index in [-0.39, 0.29) is 12.1 Å². The van der Waals surface area contributed by atoms with Crippen molar-refractivity contribution in [2.24, 2.45) is 0 Å². The lowest BCUT2D eigenvalue weighted by atomic mass is 10.0. The molecule has 4 nitrogen and oxygen atoms in total. The highest BCUT2D eigenvalue weighted by molar-refractivity contribution is 9.10. The number of aryl methyl sites for hydroxylation is 2. The second-order valence-electron chi connectivity index (χ2n) is 8.17. The number of hydrogen-bond donors (Lipinski definition) is 1. The van der Waals surface area contributed by atoms with E-state index in [0.717, 1.165) is 43.4 Å². The minimum Gasteiger partial charge on any atom is -0.351 e. The molecule has 2 aromatic carbocycles. The van der Waals surface area contributed by atoms with E-state index in [1.54, 1.807) is 0 Å². The predicted molar refractivity (Wildman–Crippen MR) is 142 cm³/mol. The third-order valence-corrected chi connectivity index (χ3v) is 7.65. The molecule has 2 aromatic heterocycles. The van der Waals surface area contributed by atoms with Gasteiger partial charge in [0, 0.05) is 39.0 Å². The van der Waals surface area contributed by atoms with Crippen molar-refractivity contribution in [2.45, 2.75) is 25.9 Å². The van der Waals surface area contributed by atoms with Gasteiger partial charge in [-0.25, -0.2) is 0 Å². The highest BCUT2D eigenvalue weighted by Gasteiger charge is 2.42. The summed E-state index contributed by atoms with van der Waals surface area (Å²) in [7, 11) is 0. The smallest absolute Gasteiger partial charge is 0.174 e. The third-order valence-electron chi connectivity index (χ3n) is 6.02. The molecule has 7 heteroatoms. The van der Waals surface area contributed by atoms with Crippen molar-refractivity contribution in [1.82, 2.24) is 14.9 Å². The maximum Gasteiger partial charge on any atom is 0.174 e. The molecule has 33 heavy (non-hydrogen) atoms. The summed E-state index contributed by atoms with van der Waals surface area (Å²) in [5, 5.41) is 4.98. The summed E-state index contributed by atoms with van der Waals surface area (Å²) in [4.78, 5) is 6.86. The molecule has 0 saturated carbocycles. The van der Waals surface area contributed by atoms with Crippen molar-refractivity contribution in [3.63, 3.8) is 0 Å². The second-order valence-corrected chi connectivity index (χ2v) is 9.81. The van der Waals surface area contributed by atoms with Gasteiger partial charge in [0.2, 0.25) is 0 Å². The number of nitrogens with zero attached hydrogens (tertiary/aromatic N) is 3. The fourth-order valence-electron chi connectivity index (χ4n) is 4.36. The van der Waals surface area contributed by atoms with Crippen LogP contribution in [-0.4, -0.2) is 14.7 Å². The van der Waals surface area contributed by atoms with Crippen molar-refractivity contribution in [2.75, 3.05) is 4.90 Å². The number of halogens is 2. The molecule has 0 amide bonds. The first-order valence-electron chi connectivity index (χ1n) is 10.6. The van der Waals surface area contributed by atoms with Gasteiger partial charge in [0.25, 0.3) is 0 Å². The largest absolute Gasteiger partial charge is 0.351 e. The highest BCUT2D eigenvalue weighted by Crippen LogP contribution is 2.43. The fourth-order valence-corrected chi connectivity index (χ4v) is 5.07. The Labute approximate surface area is 212 Å². The van der Waals surface area contributed by atoms with Gasteiger partial charge in [-0.15, -0.1) is 0 Å². The van der Waals surface area contributed by atoms with E-state index in [1.807, 2.05) is 43.5 Å². The predicted octanol–water partition coefficient (Wildman–Crippen LogP) is 7.08. The van der Waals surface area contributed by atoms with Gasteiger partial charge < -0.3 is 14.8 Å². The molecule has 1 fully saturated rings. The monoisotopic (exact) mass is 536 g/mol. The Hall–Kier alpha value is -2.67. The number of thiocarbonyl (C=S) groups is 1. The van der Waals surface area contributed by atoms with Gasteiger partial charge in [-0.3, -0.25) is 4.98 Å². The quantitative estimate of drug-likeness (QED) is 0.282. The number of aromatic nitrogens is 2. The molecular weight excluding hydrogens is 516 g/mol. The third kappa shape index (κ3) is 4.07. The summed E-state index contributed by atoms with van der Waals surface area (Å²) in [5.74, 6) is 0. The van der Waals surface area contributed by atoms with E-state index in [0.29, 0.717) is 5.11 Å². The van der Waals surface area contributed by atoms with Crippen LogP contribution in [0.1, 0.15) is 34.6 Å². The van der Waals surface area contributed by atoms with Crippen LogP contribution in [-0.2, 0) is 0 Å². The van der Waals surface area contributed by atoms with Crippen LogP contribution in [0.15, 0.2) is 83.6 Å². The highest BCUT2D eigenvalue weighted by atomic mass is 79.9. The van der Waals surface area contributed by atoms with E-state index in [2.05, 4.69) is 85.2 Å². The Morgan fingerprint density at radius 1 is 0.970 bits per heavy atom. The molecule has 166 valence electrons. The lowest BCUT2D eigenvalue weighted by Gasteiger charge is -2.29. The molecule has 2 atom stereocenters. The average molecular weight is 538 g/mol. The van der Waals surface area contributed by atoms with Gasteiger partial charge in [-0.2, -0.15) is 0 Å². The minimum atomic E-state index is -0.107.